The van der Waals surface area contributed by atoms with Gasteiger partial charge in [0.05, 0.1) is 45.4 Å². The maximum Gasteiger partial charge on any atom is 0.143 e. The van der Waals surface area contributed by atoms with E-state index in [-0.39, 0.29) is 11.4 Å². The lowest BCUT2D eigenvalue weighted by atomic mass is 10.00. The zero-order valence-corrected chi connectivity index (χ0v) is 28.6. The number of hydrogen-bond acceptors (Lipinski definition) is 2. The number of benzene rings is 9. The predicted molar refractivity (Wildman–Crippen MR) is 231 cm³/mol. The third-order valence-corrected chi connectivity index (χ3v) is 9.69. The second kappa shape index (κ2) is 12.6. The minimum absolute atomic E-state index is 0.106. The lowest BCUT2D eigenvalue weighted by Gasteiger charge is -2.27. The highest BCUT2D eigenvalue weighted by Crippen LogP contribution is 2.45. The number of anilines is 3. The Morgan fingerprint density at radius 2 is 1.07 bits per heavy atom. The number of fused-ring (bicyclic) bond motifs is 8. The largest absolute Gasteiger partial charge is 0.455 e. The summed E-state index contributed by atoms with van der Waals surface area (Å²) in [5.74, 6) is 0. The molecule has 0 N–H and O–H groups in total. The van der Waals surface area contributed by atoms with Crippen LogP contribution in [0.25, 0.3) is 82.5 Å². The van der Waals surface area contributed by atoms with Gasteiger partial charge in [0.1, 0.15) is 11.2 Å². The second-order valence-corrected chi connectivity index (χ2v) is 12.8. The number of hydrogen-bond donors (Lipinski definition) is 0. The average Bonchev–Trinajstić information content (AvgIpc) is 3.94. The van der Waals surface area contributed by atoms with E-state index in [0.717, 1.165) is 21.5 Å². The fourth-order valence-electron chi connectivity index (χ4n) is 7.27. The summed E-state index contributed by atoms with van der Waals surface area (Å²) in [5, 5.41) is 4.08. The zero-order chi connectivity index (χ0) is 51.1. The molecule has 0 saturated heterocycles. The van der Waals surface area contributed by atoms with Crippen LogP contribution >= 0.6 is 0 Å². The van der Waals surface area contributed by atoms with Gasteiger partial charge in [0.25, 0.3) is 0 Å². The van der Waals surface area contributed by atoms with Gasteiger partial charge in [-0.2, -0.15) is 0 Å². The fourth-order valence-corrected chi connectivity index (χ4v) is 7.27. The van der Waals surface area contributed by atoms with Crippen molar-refractivity contribution in [3.8, 4) is 27.9 Å². The maximum atomic E-state index is 10.1. The van der Waals surface area contributed by atoms with Gasteiger partial charge in [-0.15, -0.1) is 0 Å². The van der Waals surface area contributed by atoms with Crippen molar-refractivity contribution in [2.75, 3.05) is 4.90 Å². The zero-order valence-electron chi connectivity index (χ0n) is 45.6. The highest BCUT2D eigenvalue weighted by Gasteiger charge is 2.21. The molecule has 0 bridgehead atoms. The number of nitrogens with zero attached hydrogens (tertiary/aromatic N) is 2. The minimum Gasteiger partial charge on any atom is -0.455 e. The molecule has 0 spiro atoms. The van der Waals surface area contributed by atoms with Gasteiger partial charge in [0.2, 0.25) is 0 Å². The highest BCUT2D eigenvalue weighted by atomic mass is 16.3. The van der Waals surface area contributed by atoms with Crippen LogP contribution in [0.3, 0.4) is 0 Å². The standard InChI is InChI=1S/C52H34N2O/c1-2-12-35(13-3-1)36-24-26-37(27-25-36)38-28-31-40(32-29-38)53(49-22-11-23-50-51(49)46-33-30-39-14-4-5-17-43(39)52(46)55-50)41-15-10-16-42(34-41)54-47-20-8-6-18-44(47)45-19-7-9-21-48(45)54/h1-34H/i1D,2D,3D,10D,12D,13D,15D,16D,24D,25D,26D,27D,28D,29D,31D,32D,34D. The van der Waals surface area contributed by atoms with Crippen LogP contribution in [0.4, 0.5) is 17.1 Å². The van der Waals surface area contributed by atoms with Crippen LogP contribution in [0.1, 0.15) is 23.3 Å². The smallest absolute Gasteiger partial charge is 0.143 e. The average molecular weight is 720 g/mol. The molecular weight excluding hydrogens is 669 g/mol. The Kier molecular flexibility index (Phi) is 4.28. The van der Waals surface area contributed by atoms with Gasteiger partial charge in [-0.25, -0.2) is 0 Å². The number of aromatic nitrogens is 1. The van der Waals surface area contributed by atoms with Gasteiger partial charge in [0, 0.05) is 38.6 Å². The van der Waals surface area contributed by atoms with Crippen molar-refractivity contribution in [2.24, 2.45) is 0 Å². The quantitative estimate of drug-likeness (QED) is 0.171. The molecule has 3 nitrogen and oxygen atoms in total. The van der Waals surface area contributed by atoms with Crippen molar-refractivity contribution in [1.82, 2.24) is 4.57 Å². The van der Waals surface area contributed by atoms with Crippen molar-refractivity contribution in [3.63, 3.8) is 0 Å². The SMILES string of the molecule is [2H]c1c([2H])c([2H])c(-c2c([2H])c([2H])c(-c3c([2H])c([2H])c(N(c4c([2H])c([2H])c([2H])c(-n5c6ccccc6c6ccccc65)c4[2H])c4cccc5oc6c7ccccc7ccc6c45)c([2H])c3[2H])c([2H])c2[2H])c([2H])c1[2H]. The van der Waals surface area contributed by atoms with E-state index in [1.807, 2.05) is 60.7 Å². The summed E-state index contributed by atoms with van der Waals surface area (Å²) in [5.41, 5.74) is -1.57. The van der Waals surface area contributed by atoms with Gasteiger partial charge in [-0.05, 0) is 88.2 Å². The first-order valence-corrected chi connectivity index (χ1v) is 17.4. The monoisotopic (exact) mass is 719 g/mol. The van der Waals surface area contributed by atoms with Crippen LogP contribution in [0.15, 0.2) is 210 Å². The molecule has 0 saturated carbocycles. The Morgan fingerprint density at radius 1 is 0.455 bits per heavy atom. The topological polar surface area (TPSA) is 21.3 Å². The number of para-hydroxylation sites is 2. The summed E-state index contributed by atoms with van der Waals surface area (Å²) < 4.78 is 163. The van der Waals surface area contributed by atoms with E-state index >= 15 is 0 Å². The van der Waals surface area contributed by atoms with Crippen molar-refractivity contribution in [3.05, 3.63) is 206 Å². The summed E-state index contributed by atoms with van der Waals surface area (Å²) in [7, 11) is 0. The molecule has 0 amide bonds. The molecule has 0 aliphatic carbocycles. The Morgan fingerprint density at radius 3 is 1.78 bits per heavy atom. The van der Waals surface area contributed by atoms with E-state index in [0.29, 0.717) is 33.0 Å². The molecule has 258 valence electrons. The van der Waals surface area contributed by atoms with Crippen molar-refractivity contribution >= 4 is 71.6 Å². The lowest BCUT2D eigenvalue weighted by Crippen LogP contribution is -2.11. The molecule has 55 heavy (non-hydrogen) atoms. The van der Waals surface area contributed by atoms with E-state index in [1.54, 1.807) is 47.0 Å². The minimum atomic E-state index is -0.882. The molecule has 0 fully saturated rings. The summed E-state index contributed by atoms with van der Waals surface area (Å²) in [6, 6.07) is 17.8. The first kappa shape index (κ1) is 18.6. The van der Waals surface area contributed by atoms with Crippen LogP contribution < -0.4 is 4.90 Å². The van der Waals surface area contributed by atoms with Crippen molar-refractivity contribution < 1.29 is 27.7 Å². The molecule has 0 aliphatic rings. The number of furan rings is 1. The number of rotatable bonds is 6. The fraction of sp³-hybridized carbons (Fsp3) is 0. The maximum absolute atomic E-state index is 10.1. The molecule has 2 aromatic heterocycles. The van der Waals surface area contributed by atoms with Gasteiger partial charge in [-0.3, -0.25) is 0 Å². The molecule has 3 heteroatoms. The van der Waals surface area contributed by atoms with E-state index in [1.165, 1.54) is 4.90 Å². The molecule has 9 aromatic carbocycles. The van der Waals surface area contributed by atoms with Gasteiger partial charge in [0.15, 0.2) is 0 Å². The molecule has 0 atom stereocenters. The van der Waals surface area contributed by atoms with Gasteiger partial charge in [-0.1, -0.05) is 145 Å². The van der Waals surface area contributed by atoms with Crippen LogP contribution in [-0.4, -0.2) is 4.57 Å². The summed E-state index contributed by atoms with van der Waals surface area (Å²) >= 11 is 0. The Labute approximate surface area is 342 Å². The van der Waals surface area contributed by atoms with Crippen LogP contribution in [0.5, 0.6) is 0 Å². The second-order valence-electron chi connectivity index (χ2n) is 12.8. The third kappa shape index (κ3) is 5.13. The van der Waals surface area contributed by atoms with Crippen molar-refractivity contribution in [1.29, 1.82) is 0 Å². The lowest BCUT2D eigenvalue weighted by molar-refractivity contribution is 0.672. The summed E-state index contributed by atoms with van der Waals surface area (Å²) in [6.45, 7) is 0. The Hall–Kier alpha value is -7.36. The Balaban J connectivity index is 1.24. The summed E-state index contributed by atoms with van der Waals surface area (Å²) in [6.07, 6.45) is 0. The predicted octanol–water partition coefficient (Wildman–Crippen LogP) is 14.6. The molecule has 0 aliphatic heterocycles. The van der Waals surface area contributed by atoms with E-state index in [4.69, 9.17) is 16.8 Å². The van der Waals surface area contributed by atoms with E-state index in [2.05, 4.69) is 0 Å². The van der Waals surface area contributed by atoms with Gasteiger partial charge >= 0.3 is 0 Å². The molecule has 0 radical (unpaired) electrons. The summed E-state index contributed by atoms with van der Waals surface area (Å²) in [4.78, 5) is 1.19. The van der Waals surface area contributed by atoms with E-state index < -0.39 is 136 Å². The first-order valence-electron chi connectivity index (χ1n) is 25.9. The molecule has 11 aromatic rings. The molecule has 11 rings (SSSR count). The molecule has 0 unspecified atom stereocenters. The highest BCUT2D eigenvalue weighted by molar-refractivity contribution is 6.19. The normalized spacial score (nSPS) is 16.0. The molecular formula is C52H34N2O. The van der Waals surface area contributed by atoms with Gasteiger partial charge < -0.3 is 13.9 Å². The van der Waals surface area contributed by atoms with E-state index in [9.17, 15) is 11.0 Å². The van der Waals surface area contributed by atoms with Crippen molar-refractivity contribution in [2.45, 2.75) is 0 Å². The molecule has 2 heterocycles. The third-order valence-electron chi connectivity index (χ3n) is 9.69. The Bertz CT molecular complexity index is 4080. The first-order chi connectivity index (χ1) is 34.4. The van der Waals surface area contributed by atoms with Crippen LogP contribution in [0, 0.1) is 0 Å². The van der Waals surface area contributed by atoms with Crippen LogP contribution in [-0.2, 0) is 0 Å². The van der Waals surface area contributed by atoms with Crippen LogP contribution in [0.2, 0.25) is 0 Å².